The molecule has 0 spiro atoms. The van der Waals surface area contributed by atoms with Gasteiger partial charge in [-0.3, -0.25) is 14.8 Å². The molecule has 2 heterocycles. The van der Waals surface area contributed by atoms with E-state index in [4.69, 9.17) is 0 Å². The third kappa shape index (κ3) is 4.11. The van der Waals surface area contributed by atoms with Crippen LogP contribution in [0.5, 0.6) is 5.88 Å². The van der Waals surface area contributed by atoms with E-state index in [2.05, 4.69) is 41.2 Å². The van der Waals surface area contributed by atoms with E-state index >= 15 is 0 Å². The summed E-state index contributed by atoms with van der Waals surface area (Å²) in [5, 5.41) is 9.64. The molecule has 0 saturated heterocycles. The third-order valence-electron chi connectivity index (χ3n) is 4.05. The molecule has 24 heavy (non-hydrogen) atoms. The quantitative estimate of drug-likeness (QED) is 0.722. The highest BCUT2D eigenvalue weighted by Crippen LogP contribution is 2.20. The number of hydrogen-bond donors (Lipinski definition) is 2. The van der Waals surface area contributed by atoms with Crippen molar-refractivity contribution in [2.75, 3.05) is 0 Å². The summed E-state index contributed by atoms with van der Waals surface area (Å²) in [6.45, 7) is 2.13. The molecule has 0 bridgehead atoms. The summed E-state index contributed by atoms with van der Waals surface area (Å²) in [5.74, 6) is -0.0179. The van der Waals surface area contributed by atoms with Crippen LogP contribution in [-0.4, -0.2) is 15.1 Å². The van der Waals surface area contributed by atoms with E-state index in [9.17, 15) is 9.90 Å². The molecular weight excluding hydrogens is 320 g/mol. The van der Waals surface area contributed by atoms with Gasteiger partial charge in [-0.1, -0.05) is 48.6 Å². The maximum atomic E-state index is 11.2. The highest BCUT2D eigenvalue weighted by Gasteiger charge is 2.07. The van der Waals surface area contributed by atoms with E-state index in [1.807, 2.05) is 18.3 Å². The van der Waals surface area contributed by atoms with Crippen molar-refractivity contribution in [2.45, 2.75) is 32.6 Å². The molecule has 124 valence electrons. The van der Waals surface area contributed by atoms with Crippen LogP contribution in [0.1, 0.15) is 34.2 Å². The Morgan fingerprint density at radius 3 is 2.33 bits per heavy atom. The molecule has 0 aliphatic carbocycles. The molecule has 0 saturated carbocycles. The van der Waals surface area contributed by atoms with Crippen LogP contribution < -0.4 is 4.87 Å². The Morgan fingerprint density at radius 2 is 1.75 bits per heavy atom. The van der Waals surface area contributed by atoms with Gasteiger partial charge in [0.1, 0.15) is 0 Å². The Morgan fingerprint density at radius 1 is 1.04 bits per heavy atom. The molecule has 2 aromatic heterocycles. The lowest BCUT2D eigenvalue weighted by molar-refractivity contribution is 0.451. The van der Waals surface area contributed by atoms with E-state index < -0.39 is 0 Å². The molecular formula is C19H20N2O2S. The monoisotopic (exact) mass is 340 g/mol. The number of aromatic nitrogens is 2. The zero-order valence-corrected chi connectivity index (χ0v) is 14.4. The fraction of sp³-hybridized carbons (Fsp3) is 0.263. The Balaban J connectivity index is 1.59. The van der Waals surface area contributed by atoms with Gasteiger partial charge in [-0.2, -0.15) is 0 Å². The number of benzene rings is 1. The predicted octanol–water partition coefficient (Wildman–Crippen LogP) is 3.48. The van der Waals surface area contributed by atoms with E-state index in [1.165, 1.54) is 11.1 Å². The van der Waals surface area contributed by atoms with Gasteiger partial charge in [0.05, 0.1) is 4.88 Å². The highest BCUT2D eigenvalue weighted by atomic mass is 32.1. The van der Waals surface area contributed by atoms with Crippen molar-refractivity contribution in [3.63, 3.8) is 0 Å². The lowest BCUT2D eigenvalue weighted by Gasteiger charge is -2.05. The number of aryl methyl sites for hydroxylation is 3. The van der Waals surface area contributed by atoms with Gasteiger partial charge < -0.3 is 5.11 Å². The normalized spacial score (nSPS) is 10.9. The van der Waals surface area contributed by atoms with Gasteiger partial charge in [0.2, 0.25) is 5.88 Å². The maximum absolute atomic E-state index is 11.2. The lowest BCUT2D eigenvalue weighted by atomic mass is 10.0. The second-order valence-corrected chi connectivity index (χ2v) is 6.86. The van der Waals surface area contributed by atoms with Crippen LogP contribution in [0.25, 0.3) is 0 Å². The molecule has 0 radical (unpaired) electrons. The largest absolute Gasteiger partial charge is 0.494 e. The Hall–Kier alpha value is -2.40. The van der Waals surface area contributed by atoms with Crippen LogP contribution in [0, 0.1) is 0 Å². The minimum absolute atomic E-state index is 0.0179. The third-order valence-corrected chi connectivity index (χ3v) is 4.92. The molecule has 0 aliphatic heterocycles. The summed E-state index contributed by atoms with van der Waals surface area (Å²) in [6.07, 6.45) is 5.40. The zero-order chi connectivity index (χ0) is 16.9. The molecule has 0 amide bonds. The first kappa shape index (κ1) is 16.5. The summed E-state index contributed by atoms with van der Waals surface area (Å²) < 4.78 is 0. The second-order valence-electron chi connectivity index (χ2n) is 5.79. The second kappa shape index (κ2) is 7.45. The van der Waals surface area contributed by atoms with Crippen LogP contribution in [0.3, 0.4) is 0 Å². The first-order chi connectivity index (χ1) is 11.6. The molecule has 0 atom stereocenters. The maximum Gasteiger partial charge on any atom is 0.307 e. The SMILES string of the molecule is CCc1ccc(CCc2ccc(Cc3sc(=O)[nH]c3O)cc2)nc1. The fourth-order valence-electron chi connectivity index (χ4n) is 2.57. The first-order valence-corrected chi connectivity index (χ1v) is 8.88. The van der Waals surface area contributed by atoms with Crippen LogP contribution in [0.2, 0.25) is 0 Å². The minimum atomic E-state index is -0.222. The average Bonchev–Trinajstić information content (AvgIpc) is 2.92. The van der Waals surface area contributed by atoms with Crippen LogP contribution >= 0.6 is 11.3 Å². The van der Waals surface area contributed by atoms with E-state index in [1.54, 1.807) is 0 Å². The molecule has 1 aromatic carbocycles. The minimum Gasteiger partial charge on any atom is -0.494 e. The molecule has 2 N–H and O–H groups in total. The number of pyridine rings is 1. The molecule has 3 aromatic rings. The van der Waals surface area contributed by atoms with Crippen molar-refractivity contribution >= 4 is 11.3 Å². The van der Waals surface area contributed by atoms with Crippen molar-refractivity contribution in [1.82, 2.24) is 9.97 Å². The predicted molar refractivity (Wildman–Crippen MR) is 96.9 cm³/mol. The zero-order valence-electron chi connectivity index (χ0n) is 13.6. The number of hydrogen-bond acceptors (Lipinski definition) is 4. The summed E-state index contributed by atoms with van der Waals surface area (Å²) in [7, 11) is 0. The van der Waals surface area contributed by atoms with Crippen LogP contribution in [0.15, 0.2) is 47.4 Å². The first-order valence-electron chi connectivity index (χ1n) is 8.06. The molecule has 5 heteroatoms. The smallest absolute Gasteiger partial charge is 0.307 e. The number of nitrogens with zero attached hydrogens (tertiary/aromatic N) is 1. The van der Waals surface area contributed by atoms with Crippen molar-refractivity contribution in [3.8, 4) is 5.88 Å². The number of nitrogens with one attached hydrogen (secondary N) is 1. The lowest BCUT2D eigenvalue weighted by Crippen LogP contribution is -1.96. The van der Waals surface area contributed by atoms with Crippen molar-refractivity contribution in [1.29, 1.82) is 0 Å². The molecule has 3 rings (SSSR count). The molecule has 0 unspecified atom stereocenters. The van der Waals surface area contributed by atoms with Gasteiger partial charge in [0, 0.05) is 18.3 Å². The summed E-state index contributed by atoms with van der Waals surface area (Å²) in [6, 6.07) is 12.5. The van der Waals surface area contributed by atoms with Gasteiger partial charge in [0.25, 0.3) is 0 Å². The van der Waals surface area contributed by atoms with E-state index in [0.29, 0.717) is 11.3 Å². The van der Waals surface area contributed by atoms with Crippen molar-refractivity contribution in [3.05, 3.63) is 79.5 Å². The summed E-state index contributed by atoms with van der Waals surface area (Å²) in [4.78, 5) is 18.6. The Kier molecular flexibility index (Phi) is 5.11. The Bertz CT molecular complexity index is 848. The number of H-pyrrole nitrogens is 1. The van der Waals surface area contributed by atoms with Crippen LogP contribution in [0.4, 0.5) is 0 Å². The standard InChI is InChI=1S/C19H20N2O2S/c1-2-13-7-9-16(20-12-13)10-8-14-3-5-15(6-4-14)11-17-18(22)21-19(23)24-17/h3-7,9,12,22H,2,8,10-11H2,1H3,(H,21,23). The van der Waals surface area contributed by atoms with Gasteiger partial charge >= 0.3 is 4.87 Å². The molecule has 0 fully saturated rings. The number of aromatic hydroxyl groups is 1. The average molecular weight is 340 g/mol. The Labute approximate surface area is 144 Å². The van der Waals surface area contributed by atoms with Crippen LogP contribution in [-0.2, 0) is 25.7 Å². The summed E-state index contributed by atoms with van der Waals surface area (Å²) >= 11 is 1.05. The molecule has 0 aliphatic rings. The highest BCUT2D eigenvalue weighted by molar-refractivity contribution is 7.09. The number of rotatable bonds is 6. The number of thiazole rings is 1. The topological polar surface area (TPSA) is 66.0 Å². The van der Waals surface area contributed by atoms with Gasteiger partial charge in [-0.05, 0) is 42.0 Å². The fourth-order valence-corrected chi connectivity index (χ4v) is 3.32. The van der Waals surface area contributed by atoms with E-state index in [-0.39, 0.29) is 10.8 Å². The van der Waals surface area contributed by atoms with E-state index in [0.717, 1.165) is 41.9 Å². The van der Waals surface area contributed by atoms with Crippen molar-refractivity contribution in [2.24, 2.45) is 0 Å². The number of aromatic amines is 1. The van der Waals surface area contributed by atoms with Gasteiger partial charge in [0.15, 0.2) is 0 Å². The summed E-state index contributed by atoms with van der Waals surface area (Å²) in [5.41, 5.74) is 4.71. The van der Waals surface area contributed by atoms with Gasteiger partial charge in [-0.25, -0.2) is 0 Å². The van der Waals surface area contributed by atoms with Gasteiger partial charge in [-0.15, -0.1) is 0 Å². The molecule has 4 nitrogen and oxygen atoms in total. The van der Waals surface area contributed by atoms with Crippen molar-refractivity contribution < 1.29 is 5.11 Å².